The van der Waals surface area contributed by atoms with Crippen molar-refractivity contribution >= 4 is 11.3 Å². The van der Waals surface area contributed by atoms with E-state index in [0.29, 0.717) is 36.5 Å². The average Bonchev–Trinajstić information content (AvgIpc) is 3.08. The molecule has 1 saturated heterocycles. The number of aryl methyl sites for hydroxylation is 1. The van der Waals surface area contributed by atoms with E-state index in [1.165, 1.54) is 0 Å². The van der Waals surface area contributed by atoms with E-state index < -0.39 is 11.9 Å². The van der Waals surface area contributed by atoms with Crippen molar-refractivity contribution in [1.29, 1.82) is 0 Å². The zero-order chi connectivity index (χ0) is 15.7. The molecule has 3 heterocycles. The molecule has 0 aliphatic carbocycles. The van der Waals surface area contributed by atoms with E-state index in [4.69, 9.17) is 9.26 Å². The van der Waals surface area contributed by atoms with Gasteiger partial charge in [0.05, 0.1) is 19.8 Å². The van der Waals surface area contributed by atoms with Gasteiger partial charge in [-0.2, -0.15) is 18.2 Å². The van der Waals surface area contributed by atoms with Gasteiger partial charge in [0, 0.05) is 11.9 Å². The first-order valence-corrected chi connectivity index (χ1v) is 7.45. The summed E-state index contributed by atoms with van der Waals surface area (Å²) in [5.74, 6) is 0.916. The number of ether oxygens (including phenoxy) is 1. The van der Waals surface area contributed by atoms with Crippen LogP contribution < -0.4 is 0 Å². The molecule has 1 unspecified atom stereocenters. The van der Waals surface area contributed by atoms with Crippen LogP contribution in [0.4, 0.5) is 13.2 Å². The molecule has 6 nitrogen and oxygen atoms in total. The fraction of sp³-hybridized carbons (Fsp3) is 0.583. The van der Waals surface area contributed by atoms with Crippen LogP contribution in [0.3, 0.4) is 0 Å². The number of alkyl halides is 3. The molecule has 1 aliphatic rings. The molecule has 10 heteroatoms. The highest BCUT2D eigenvalue weighted by molar-refractivity contribution is 7.09. The van der Waals surface area contributed by atoms with Crippen LogP contribution in [0, 0.1) is 6.92 Å². The van der Waals surface area contributed by atoms with Gasteiger partial charge in [0.1, 0.15) is 11.0 Å². The van der Waals surface area contributed by atoms with Gasteiger partial charge in [-0.05, 0) is 6.92 Å². The molecular weight excluding hydrogens is 321 g/mol. The fourth-order valence-electron chi connectivity index (χ4n) is 2.19. The summed E-state index contributed by atoms with van der Waals surface area (Å²) in [5.41, 5.74) is -0.856. The van der Waals surface area contributed by atoms with Crippen molar-refractivity contribution in [2.45, 2.75) is 25.7 Å². The second-order valence-corrected chi connectivity index (χ2v) is 5.81. The Bertz CT molecular complexity index is 642. The quantitative estimate of drug-likeness (QED) is 0.859. The highest BCUT2D eigenvalue weighted by Crippen LogP contribution is 2.31. The van der Waals surface area contributed by atoms with Gasteiger partial charge in [-0.3, -0.25) is 4.90 Å². The molecule has 22 heavy (non-hydrogen) atoms. The summed E-state index contributed by atoms with van der Waals surface area (Å²) in [6, 6.07) is -0.270. The van der Waals surface area contributed by atoms with E-state index in [9.17, 15) is 13.2 Å². The van der Waals surface area contributed by atoms with Crippen molar-refractivity contribution in [1.82, 2.24) is 20.0 Å². The lowest BCUT2D eigenvalue weighted by atomic mass is 10.2. The van der Waals surface area contributed by atoms with Crippen molar-refractivity contribution in [3.63, 3.8) is 0 Å². The number of rotatable bonds is 3. The van der Waals surface area contributed by atoms with E-state index in [-0.39, 0.29) is 12.6 Å². The summed E-state index contributed by atoms with van der Waals surface area (Å²) >= 11 is 0.992. The summed E-state index contributed by atoms with van der Waals surface area (Å²) in [5, 5.41) is 5.17. The minimum Gasteiger partial charge on any atom is -0.378 e. The predicted octanol–water partition coefficient (Wildman–Crippen LogP) is 2.43. The lowest BCUT2D eigenvalue weighted by Crippen LogP contribution is -2.39. The Hall–Kier alpha value is -1.52. The van der Waals surface area contributed by atoms with Crippen molar-refractivity contribution in [3.05, 3.63) is 27.8 Å². The van der Waals surface area contributed by atoms with Crippen LogP contribution in [0.5, 0.6) is 0 Å². The Morgan fingerprint density at radius 2 is 2.23 bits per heavy atom. The summed E-state index contributed by atoms with van der Waals surface area (Å²) in [6.45, 7) is 3.42. The summed E-state index contributed by atoms with van der Waals surface area (Å²) in [4.78, 5) is 9.77. The third kappa shape index (κ3) is 3.28. The summed E-state index contributed by atoms with van der Waals surface area (Å²) < 4.78 is 48.4. The maximum absolute atomic E-state index is 12.6. The van der Waals surface area contributed by atoms with Crippen LogP contribution in [0.15, 0.2) is 9.90 Å². The molecule has 1 aliphatic heterocycles. The first kappa shape index (κ1) is 15.4. The minimum atomic E-state index is -4.41. The number of hydrogen-bond donors (Lipinski definition) is 0. The zero-order valence-corrected chi connectivity index (χ0v) is 12.4. The van der Waals surface area contributed by atoms with Crippen LogP contribution in [-0.4, -0.2) is 39.8 Å². The third-order valence-electron chi connectivity index (χ3n) is 3.25. The highest BCUT2D eigenvalue weighted by atomic mass is 32.1. The molecular formula is C12H13F3N4O2S. The average molecular weight is 334 g/mol. The number of halogens is 3. The Morgan fingerprint density at radius 1 is 1.41 bits per heavy atom. The van der Waals surface area contributed by atoms with Gasteiger partial charge in [0.25, 0.3) is 0 Å². The normalized spacial score (nSPS) is 20.5. The summed E-state index contributed by atoms with van der Waals surface area (Å²) in [6.07, 6.45) is -4.41. The van der Waals surface area contributed by atoms with Crippen molar-refractivity contribution in [2.75, 3.05) is 19.8 Å². The number of hydrogen-bond acceptors (Lipinski definition) is 7. The fourth-order valence-corrected chi connectivity index (χ4v) is 3.02. The van der Waals surface area contributed by atoms with E-state index in [1.807, 2.05) is 4.90 Å². The van der Waals surface area contributed by atoms with Gasteiger partial charge in [-0.15, -0.1) is 11.3 Å². The maximum Gasteiger partial charge on any atom is 0.434 e. The Balaban J connectivity index is 1.75. The van der Waals surface area contributed by atoms with Gasteiger partial charge < -0.3 is 9.26 Å². The minimum absolute atomic E-state index is 0.270. The Labute approximate surface area is 127 Å². The predicted molar refractivity (Wildman–Crippen MR) is 70.1 cm³/mol. The Kier molecular flexibility index (Phi) is 4.15. The second-order valence-electron chi connectivity index (χ2n) is 4.87. The molecule has 0 aromatic carbocycles. The van der Waals surface area contributed by atoms with Crippen LogP contribution in [0.2, 0.25) is 0 Å². The van der Waals surface area contributed by atoms with Crippen LogP contribution >= 0.6 is 11.3 Å². The number of nitrogens with zero attached hydrogens (tertiary/aromatic N) is 4. The SMILES string of the molecule is Cc1noc(C2COCCN2Cc2nc(C(F)(F)F)cs2)n1. The van der Waals surface area contributed by atoms with Crippen molar-refractivity contribution < 1.29 is 22.4 Å². The molecule has 1 atom stereocenters. The van der Waals surface area contributed by atoms with Crippen LogP contribution in [0.1, 0.15) is 28.5 Å². The molecule has 0 amide bonds. The van der Waals surface area contributed by atoms with E-state index in [0.717, 1.165) is 16.7 Å². The van der Waals surface area contributed by atoms with E-state index in [1.54, 1.807) is 6.92 Å². The number of morpholine rings is 1. The monoisotopic (exact) mass is 334 g/mol. The molecule has 2 aromatic rings. The summed E-state index contributed by atoms with van der Waals surface area (Å²) in [7, 11) is 0. The van der Waals surface area contributed by atoms with E-state index in [2.05, 4.69) is 15.1 Å². The number of aromatic nitrogens is 3. The largest absolute Gasteiger partial charge is 0.434 e. The molecule has 120 valence electrons. The molecule has 0 N–H and O–H groups in total. The van der Waals surface area contributed by atoms with E-state index >= 15 is 0 Å². The molecule has 1 fully saturated rings. The standard InChI is InChI=1S/C12H13F3N4O2S/c1-7-16-11(21-18-7)8-5-20-3-2-19(8)4-10-17-9(6-22-10)12(13,14)15/h6,8H,2-5H2,1H3. The molecule has 0 spiro atoms. The zero-order valence-electron chi connectivity index (χ0n) is 11.6. The number of thiazole rings is 1. The molecule has 0 radical (unpaired) electrons. The highest BCUT2D eigenvalue weighted by Gasteiger charge is 2.35. The van der Waals surface area contributed by atoms with Gasteiger partial charge in [-0.25, -0.2) is 4.98 Å². The maximum atomic E-state index is 12.6. The van der Waals surface area contributed by atoms with Crippen LogP contribution in [-0.2, 0) is 17.5 Å². The van der Waals surface area contributed by atoms with Crippen molar-refractivity contribution in [3.8, 4) is 0 Å². The molecule has 0 bridgehead atoms. The smallest absolute Gasteiger partial charge is 0.378 e. The molecule has 0 saturated carbocycles. The van der Waals surface area contributed by atoms with Gasteiger partial charge in [-0.1, -0.05) is 5.16 Å². The first-order valence-electron chi connectivity index (χ1n) is 6.57. The lowest BCUT2D eigenvalue weighted by Gasteiger charge is -2.32. The van der Waals surface area contributed by atoms with Crippen LogP contribution in [0.25, 0.3) is 0 Å². The van der Waals surface area contributed by atoms with Crippen molar-refractivity contribution in [2.24, 2.45) is 0 Å². The third-order valence-corrected chi connectivity index (χ3v) is 4.08. The topological polar surface area (TPSA) is 64.3 Å². The van der Waals surface area contributed by atoms with Gasteiger partial charge in [0.15, 0.2) is 11.5 Å². The first-order chi connectivity index (χ1) is 10.4. The Morgan fingerprint density at radius 3 is 2.86 bits per heavy atom. The van der Waals surface area contributed by atoms with Gasteiger partial charge in [0.2, 0.25) is 5.89 Å². The second kappa shape index (κ2) is 5.94. The van der Waals surface area contributed by atoms with Gasteiger partial charge >= 0.3 is 6.18 Å². The lowest BCUT2D eigenvalue weighted by molar-refractivity contribution is -0.140. The molecule has 3 rings (SSSR count). The molecule has 2 aromatic heterocycles.